The number of hydrogen-bond donors (Lipinski definition) is 0. The van der Waals surface area contributed by atoms with Gasteiger partial charge < -0.3 is 0 Å². The molecule has 0 nitrogen and oxygen atoms in total. The summed E-state index contributed by atoms with van der Waals surface area (Å²) in [6.07, 6.45) is 2.81. The molecule has 2 aromatic rings. The molecule has 1 unspecified atom stereocenters. The first-order valence-corrected chi connectivity index (χ1v) is 6.53. The van der Waals surface area contributed by atoms with Crippen LogP contribution in [0, 0.1) is 18.8 Å². The van der Waals surface area contributed by atoms with Crippen molar-refractivity contribution in [2.75, 3.05) is 0 Å². The monoisotopic (exact) mass is 246 g/mol. The lowest BCUT2D eigenvalue weighted by Crippen LogP contribution is -1.94. The van der Waals surface area contributed by atoms with Crippen molar-refractivity contribution in [2.45, 2.75) is 19.3 Å². The van der Waals surface area contributed by atoms with Crippen LogP contribution in [0.5, 0.6) is 0 Å². The Kier molecular flexibility index (Phi) is 4.59. The molecule has 0 spiro atoms. The Morgan fingerprint density at radius 1 is 1.05 bits per heavy atom. The van der Waals surface area contributed by atoms with Crippen molar-refractivity contribution in [2.24, 2.45) is 0 Å². The van der Waals surface area contributed by atoms with Crippen LogP contribution in [-0.2, 0) is 0 Å². The lowest BCUT2D eigenvalue weighted by Gasteiger charge is -2.08. The van der Waals surface area contributed by atoms with Crippen LogP contribution in [0.3, 0.4) is 0 Å². The molecule has 2 rings (SSSR count). The van der Waals surface area contributed by atoms with Crippen molar-refractivity contribution in [1.82, 2.24) is 0 Å². The minimum atomic E-state index is 0.221. The van der Waals surface area contributed by atoms with E-state index in [0.717, 1.165) is 12.0 Å². The van der Waals surface area contributed by atoms with Gasteiger partial charge in [-0.05, 0) is 31.0 Å². The molecule has 0 aliphatic rings. The summed E-state index contributed by atoms with van der Waals surface area (Å²) in [5.74, 6) is 6.82. The van der Waals surface area contributed by atoms with Gasteiger partial charge in [0.2, 0.25) is 0 Å². The molecule has 1 atom stereocenters. The largest absolute Gasteiger partial charge is 0.103 e. The third kappa shape index (κ3) is 3.86. The lowest BCUT2D eigenvalue weighted by molar-refractivity contribution is 0.894. The van der Waals surface area contributed by atoms with Crippen LogP contribution < -0.4 is 0 Å². The molecule has 0 heterocycles. The predicted octanol–water partition coefficient (Wildman–Crippen LogP) is 4.71. The van der Waals surface area contributed by atoms with Gasteiger partial charge in [-0.2, -0.15) is 0 Å². The Balaban J connectivity index is 2.24. The van der Waals surface area contributed by atoms with Crippen molar-refractivity contribution in [3.63, 3.8) is 0 Å². The number of benzene rings is 2. The highest BCUT2D eigenvalue weighted by Gasteiger charge is 2.05. The maximum Gasteiger partial charge on any atom is 0.0490 e. The van der Waals surface area contributed by atoms with Gasteiger partial charge in [-0.25, -0.2) is 0 Å². The maximum atomic E-state index is 3.83. The summed E-state index contributed by atoms with van der Waals surface area (Å²) >= 11 is 0. The second-order valence-corrected chi connectivity index (χ2v) is 4.62. The van der Waals surface area contributed by atoms with E-state index in [1.54, 1.807) is 0 Å². The smallest absolute Gasteiger partial charge is 0.0490 e. The van der Waals surface area contributed by atoms with Crippen molar-refractivity contribution < 1.29 is 0 Å². The maximum absolute atomic E-state index is 3.83. The first-order valence-electron chi connectivity index (χ1n) is 6.53. The van der Waals surface area contributed by atoms with E-state index in [1.165, 1.54) is 11.1 Å². The first kappa shape index (κ1) is 13.2. The topological polar surface area (TPSA) is 0 Å². The second-order valence-electron chi connectivity index (χ2n) is 4.62. The van der Waals surface area contributed by atoms with Crippen LogP contribution in [0.2, 0.25) is 0 Å². The van der Waals surface area contributed by atoms with E-state index in [-0.39, 0.29) is 5.92 Å². The van der Waals surface area contributed by atoms with E-state index in [4.69, 9.17) is 0 Å². The third-order valence-corrected chi connectivity index (χ3v) is 3.05. The number of rotatable bonds is 3. The van der Waals surface area contributed by atoms with Gasteiger partial charge in [-0.15, -0.1) is 6.58 Å². The average molecular weight is 246 g/mol. The van der Waals surface area contributed by atoms with Gasteiger partial charge in [0.1, 0.15) is 0 Å². The molecular formula is C19H18. The van der Waals surface area contributed by atoms with Crippen molar-refractivity contribution >= 4 is 0 Å². The molecule has 0 aromatic heterocycles. The van der Waals surface area contributed by atoms with E-state index in [0.29, 0.717) is 0 Å². The van der Waals surface area contributed by atoms with Gasteiger partial charge in [0.15, 0.2) is 0 Å². The molecule has 0 heteroatoms. The minimum absolute atomic E-state index is 0.221. The zero-order valence-corrected chi connectivity index (χ0v) is 11.3. The second kappa shape index (κ2) is 6.61. The van der Waals surface area contributed by atoms with E-state index in [9.17, 15) is 0 Å². The van der Waals surface area contributed by atoms with E-state index in [2.05, 4.69) is 49.6 Å². The molecule has 0 fully saturated rings. The highest BCUT2D eigenvalue weighted by molar-refractivity contribution is 5.38. The van der Waals surface area contributed by atoms with Crippen LogP contribution in [0.1, 0.15) is 29.0 Å². The molecule has 0 saturated carbocycles. The van der Waals surface area contributed by atoms with Crippen molar-refractivity contribution in [3.05, 3.63) is 83.9 Å². The fourth-order valence-electron chi connectivity index (χ4n) is 1.94. The average Bonchev–Trinajstić information content (AvgIpc) is 2.46. The molecule has 0 radical (unpaired) electrons. The van der Waals surface area contributed by atoms with Gasteiger partial charge in [0.25, 0.3) is 0 Å². The Morgan fingerprint density at radius 3 is 2.37 bits per heavy atom. The summed E-state index contributed by atoms with van der Waals surface area (Å²) in [7, 11) is 0. The quantitative estimate of drug-likeness (QED) is 0.543. The zero-order chi connectivity index (χ0) is 13.5. The Hall–Kier alpha value is -2.26. The van der Waals surface area contributed by atoms with Crippen LogP contribution in [0.4, 0.5) is 0 Å². The summed E-state index contributed by atoms with van der Waals surface area (Å²) < 4.78 is 0. The molecule has 0 aliphatic heterocycles. The van der Waals surface area contributed by atoms with Gasteiger partial charge in [-0.1, -0.05) is 65.9 Å². The Bertz CT molecular complexity index is 579. The van der Waals surface area contributed by atoms with Crippen LogP contribution >= 0.6 is 0 Å². The Labute approximate surface area is 115 Å². The molecule has 0 N–H and O–H groups in total. The third-order valence-electron chi connectivity index (χ3n) is 3.05. The van der Waals surface area contributed by atoms with Gasteiger partial charge in [0.05, 0.1) is 0 Å². The molecule has 94 valence electrons. The molecule has 0 bridgehead atoms. The molecule has 2 aromatic carbocycles. The molecular weight excluding hydrogens is 228 g/mol. The number of allylic oxidation sites excluding steroid dienone is 1. The lowest BCUT2D eigenvalue weighted by atomic mass is 9.95. The van der Waals surface area contributed by atoms with Crippen molar-refractivity contribution in [3.8, 4) is 11.8 Å². The van der Waals surface area contributed by atoms with E-state index >= 15 is 0 Å². The number of hydrogen-bond acceptors (Lipinski definition) is 0. The summed E-state index contributed by atoms with van der Waals surface area (Å²) in [4.78, 5) is 0. The highest BCUT2D eigenvalue weighted by atomic mass is 14.1. The standard InChI is InChI=1S/C19H18/c1-3-7-18(19-13-10-16(2)11-14-19)15-12-17-8-5-4-6-9-17/h3-6,8-11,13-14,18H,1,7H2,2H3. The summed E-state index contributed by atoms with van der Waals surface area (Å²) in [5, 5.41) is 0. The summed E-state index contributed by atoms with van der Waals surface area (Å²) in [6.45, 7) is 5.93. The van der Waals surface area contributed by atoms with E-state index < -0.39 is 0 Å². The Morgan fingerprint density at radius 2 is 1.74 bits per heavy atom. The highest BCUT2D eigenvalue weighted by Crippen LogP contribution is 2.20. The van der Waals surface area contributed by atoms with Crippen molar-refractivity contribution in [1.29, 1.82) is 0 Å². The molecule has 0 saturated heterocycles. The first-order chi connectivity index (χ1) is 9.29. The minimum Gasteiger partial charge on any atom is -0.103 e. The van der Waals surface area contributed by atoms with Gasteiger partial charge in [0, 0.05) is 11.5 Å². The molecule has 0 aliphatic carbocycles. The van der Waals surface area contributed by atoms with Crippen LogP contribution in [0.25, 0.3) is 0 Å². The van der Waals surface area contributed by atoms with Crippen LogP contribution in [-0.4, -0.2) is 0 Å². The number of aryl methyl sites for hydroxylation is 1. The fraction of sp³-hybridized carbons (Fsp3) is 0.158. The van der Waals surface area contributed by atoms with Crippen LogP contribution in [0.15, 0.2) is 67.3 Å². The molecule has 19 heavy (non-hydrogen) atoms. The fourth-order valence-corrected chi connectivity index (χ4v) is 1.94. The summed E-state index contributed by atoms with van der Waals surface area (Å²) in [6, 6.07) is 18.7. The van der Waals surface area contributed by atoms with Gasteiger partial charge >= 0.3 is 0 Å². The predicted molar refractivity (Wildman–Crippen MR) is 82.1 cm³/mol. The SMILES string of the molecule is C=CCC(C#Cc1ccccc1)c1ccc(C)cc1. The normalized spacial score (nSPS) is 11.2. The molecule has 0 amide bonds. The summed E-state index contributed by atoms with van der Waals surface area (Å²) in [5.41, 5.74) is 3.59. The van der Waals surface area contributed by atoms with Gasteiger partial charge in [-0.3, -0.25) is 0 Å². The zero-order valence-electron chi connectivity index (χ0n) is 11.3. The van der Waals surface area contributed by atoms with E-state index in [1.807, 2.05) is 36.4 Å².